The van der Waals surface area contributed by atoms with Crippen LogP contribution in [-0.4, -0.2) is 42.1 Å². The van der Waals surface area contributed by atoms with Gasteiger partial charge in [0.2, 0.25) is 0 Å². The maximum atomic E-state index is 12.4. The van der Waals surface area contributed by atoms with Crippen molar-refractivity contribution < 1.29 is 9.53 Å². The number of ether oxygens (including phenoxy) is 1. The lowest BCUT2D eigenvalue weighted by Gasteiger charge is -2.32. The quantitative estimate of drug-likeness (QED) is 0.626. The predicted octanol–water partition coefficient (Wildman–Crippen LogP) is 2.35. The molecule has 20 heavy (non-hydrogen) atoms. The molecular weight excluding hydrogens is 320 g/mol. The Morgan fingerprint density at radius 1 is 1.60 bits per heavy atom. The molecule has 0 bridgehead atoms. The van der Waals surface area contributed by atoms with Crippen molar-refractivity contribution in [3.8, 4) is 12.3 Å². The zero-order valence-corrected chi connectivity index (χ0v) is 12.8. The Morgan fingerprint density at radius 3 is 3.20 bits per heavy atom. The number of carbonyl (C=O) groups excluding carboxylic acids is 1. The summed E-state index contributed by atoms with van der Waals surface area (Å²) in [6.45, 7) is 2.46. The Balaban J connectivity index is 1.95. The first-order chi connectivity index (χ1) is 9.70. The van der Waals surface area contributed by atoms with E-state index in [-0.39, 0.29) is 5.91 Å². The Kier molecular flexibility index (Phi) is 5.57. The fourth-order valence-corrected chi connectivity index (χ4v) is 2.75. The molecule has 2 heterocycles. The third-order valence-corrected chi connectivity index (χ3v) is 3.73. The van der Waals surface area contributed by atoms with E-state index in [0.717, 1.165) is 30.4 Å². The number of pyridine rings is 1. The average Bonchev–Trinajstić information content (AvgIpc) is 2.47. The summed E-state index contributed by atoms with van der Waals surface area (Å²) in [5.41, 5.74) is 0.615. The smallest absolute Gasteiger partial charge is 0.255 e. The van der Waals surface area contributed by atoms with Crippen LogP contribution in [0.2, 0.25) is 0 Å². The number of hydrogen-bond acceptors (Lipinski definition) is 3. The minimum Gasteiger partial charge on any atom is -0.368 e. The lowest BCUT2D eigenvalue weighted by molar-refractivity contribution is 0.0533. The number of hydrogen-bond donors (Lipinski definition) is 0. The summed E-state index contributed by atoms with van der Waals surface area (Å²) in [6.07, 6.45) is 10.5. The summed E-state index contributed by atoms with van der Waals surface area (Å²) in [6, 6.07) is 1.80. The van der Waals surface area contributed by atoms with E-state index in [4.69, 9.17) is 11.2 Å². The van der Waals surface area contributed by atoms with Crippen molar-refractivity contribution in [3.05, 3.63) is 28.5 Å². The highest BCUT2D eigenvalue weighted by atomic mass is 79.9. The SMILES string of the molecule is C#CCOCC1CCCN(C(=O)c2cncc(Br)c2)C1. The van der Waals surface area contributed by atoms with E-state index in [1.165, 1.54) is 0 Å². The van der Waals surface area contributed by atoms with Crippen molar-refractivity contribution in [2.45, 2.75) is 12.8 Å². The standard InChI is InChI=1S/C15H17BrN2O2/c1-2-6-20-11-12-4-3-5-18(10-12)15(19)13-7-14(16)9-17-8-13/h1,7-9,12H,3-6,10-11H2. The third kappa shape index (κ3) is 4.06. The van der Waals surface area contributed by atoms with Crippen LogP contribution in [0.5, 0.6) is 0 Å². The van der Waals surface area contributed by atoms with Gasteiger partial charge in [0, 0.05) is 35.9 Å². The van der Waals surface area contributed by atoms with Gasteiger partial charge in [0.05, 0.1) is 12.2 Å². The van der Waals surface area contributed by atoms with Crippen molar-refractivity contribution in [3.63, 3.8) is 0 Å². The van der Waals surface area contributed by atoms with Crippen LogP contribution in [0, 0.1) is 18.3 Å². The molecule has 0 saturated carbocycles. The molecule has 0 aromatic carbocycles. The van der Waals surface area contributed by atoms with Gasteiger partial charge in [0.1, 0.15) is 6.61 Å². The number of terminal acetylenes is 1. The summed E-state index contributed by atoms with van der Waals surface area (Å²) in [7, 11) is 0. The van der Waals surface area contributed by atoms with Gasteiger partial charge in [0.15, 0.2) is 0 Å². The maximum absolute atomic E-state index is 12.4. The molecule has 4 nitrogen and oxygen atoms in total. The van der Waals surface area contributed by atoms with E-state index in [0.29, 0.717) is 24.7 Å². The minimum atomic E-state index is 0.0282. The van der Waals surface area contributed by atoms with Gasteiger partial charge in [-0.05, 0) is 34.8 Å². The van der Waals surface area contributed by atoms with E-state index < -0.39 is 0 Å². The van der Waals surface area contributed by atoms with Crippen LogP contribution in [-0.2, 0) is 4.74 Å². The monoisotopic (exact) mass is 336 g/mol. The molecule has 1 aromatic heterocycles. The van der Waals surface area contributed by atoms with Crippen LogP contribution in [0.15, 0.2) is 22.9 Å². The molecular formula is C15H17BrN2O2. The first-order valence-electron chi connectivity index (χ1n) is 6.61. The molecule has 0 N–H and O–H groups in total. The number of halogens is 1. The number of likely N-dealkylation sites (tertiary alicyclic amines) is 1. The molecule has 1 aliphatic heterocycles. The van der Waals surface area contributed by atoms with Gasteiger partial charge < -0.3 is 9.64 Å². The highest BCUT2D eigenvalue weighted by Gasteiger charge is 2.24. The van der Waals surface area contributed by atoms with Crippen molar-refractivity contribution >= 4 is 21.8 Å². The number of aromatic nitrogens is 1. The normalized spacial score (nSPS) is 18.6. The van der Waals surface area contributed by atoms with Crippen molar-refractivity contribution in [2.24, 2.45) is 5.92 Å². The molecule has 1 fully saturated rings. The first kappa shape index (κ1) is 15.0. The Bertz CT molecular complexity index is 513. The maximum Gasteiger partial charge on any atom is 0.255 e. The molecule has 5 heteroatoms. The number of amides is 1. The van der Waals surface area contributed by atoms with Crippen LogP contribution < -0.4 is 0 Å². The van der Waals surface area contributed by atoms with Gasteiger partial charge in [-0.3, -0.25) is 9.78 Å². The lowest BCUT2D eigenvalue weighted by Crippen LogP contribution is -2.41. The summed E-state index contributed by atoms with van der Waals surface area (Å²) in [5.74, 6) is 2.85. The van der Waals surface area contributed by atoms with Crippen LogP contribution in [0.1, 0.15) is 23.2 Å². The van der Waals surface area contributed by atoms with E-state index in [1.807, 2.05) is 4.90 Å². The zero-order chi connectivity index (χ0) is 14.4. The Morgan fingerprint density at radius 2 is 2.45 bits per heavy atom. The third-order valence-electron chi connectivity index (χ3n) is 3.30. The van der Waals surface area contributed by atoms with Crippen molar-refractivity contribution in [2.75, 3.05) is 26.3 Å². The molecule has 2 rings (SSSR count). The second-order valence-corrected chi connectivity index (χ2v) is 5.79. The molecule has 0 spiro atoms. The number of rotatable bonds is 4. The van der Waals surface area contributed by atoms with Crippen LogP contribution >= 0.6 is 15.9 Å². The first-order valence-corrected chi connectivity index (χ1v) is 7.41. The second-order valence-electron chi connectivity index (χ2n) is 4.87. The zero-order valence-electron chi connectivity index (χ0n) is 11.2. The molecule has 1 amide bonds. The summed E-state index contributed by atoms with van der Waals surface area (Å²) >= 11 is 3.34. The van der Waals surface area contributed by atoms with Gasteiger partial charge in [-0.15, -0.1) is 6.42 Å². The molecule has 0 radical (unpaired) electrons. The van der Waals surface area contributed by atoms with Crippen LogP contribution in [0.3, 0.4) is 0 Å². The molecule has 0 aliphatic carbocycles. The molecule has 1 saturated heterocycles. The van der Waals surface area contributed by atoms with Crippen molar-refractivity contribution in [1.82, 2.24) is 9.88 Å². The lowest BCUT2D eigenvalue weighted by atomic mass is 9.98. The topological polar surface area (TPSA) is 42.4 Å². The van der Waals surface area contributed by atoms with Gasteiger partial charge in [-0.1, -0.05) is 5.92 Å². The van der Waals surface area contributed by atoms with E-state index >= 15 is 0 Å². The van der Waals surface area contributed by atoms with Gasteiger partial charge in [-0.25, -0.2) is 0 Å². The molecule has 1 atom stereocenters. The van der Waals surface area contributed by atoms with E-state index in [9.17, 15) is 4.79 Å². The van der Waals surface area contributed by atoms with Crippen LogP contribution in [0.4, 0.5) is 0 Å². The summed E-state index contributed by atoms with van der Waals surface area (Å²) in [5, 5.41) is 0. The molecule has 106 valence electrons. The van der Waals surface area contributed by atoms with Crippen LogP contribution in [0.25, 0.3) is 0 Å². The van der Waals surface area contributed by atoms with Gasteiger partial charge in [-0.2, -0.15) is 0 Å². The highest BCUT2D eigenvalue weighted by Crippen LogP contribution is 2.19. The molecule has 1 aromatic rings. The highest BCUT2D eigenvalue weighted by molar-refractivity contribution is 9.10. The van der Waals surface area contributed by atoms with Gasteiger partial charge >= 0.3 is 0 Å². The average molecular weight is 337 g/mol. The molecule has 1 aliphatic rings. The van der Waals surface area contributed by atoms with Crippen molar-refractivity contribution in [1.29, 1.82) is 0 Å². The Labute approximate surface area is 127 Å². The largest absolute Gasteiger partial charge is 0.368 e. The van der Waals surface area contributed by atoms with E-state index in [1.54, 1.807) is 18.5 Å². The number of piperidine rings is 1. The predicted molar refractivity (Wildman–Crippen MR) is 80.2 cm³/mol. The number of nitrogens with zero attached hydrogens (tertiary/aromatic N) is 2. The van der Waals surface area contributed by atoms with Gasteiger partial charge in [0.25, 0.3) is 5.91 Å². The summed E-state index contributed by atoms with van der Waals surface area (Å²) in [4.78, 5) is 18.3. The van der Waals surface area contributed by atoms with E-state index in [2.05, 4.69) is 26.8 Å². The molecule has 1 unspecified atom stereocenters. The Hall–Kier alpha value is -1.38. The fraction of sp³-hybridized carbons (Fsp3) is 0.467. The number of carbonyl (C=O) groups is 1. The fourth-order valence-electron chi connectivity index (χ4n) is 2.38. The summed E-state index contributed by atoms with van der Waals surface area (Å²) < 4.78 is 6.20. The minimum absolute atomic E-state index is 0.0282. The second kappa shape index (κ2) is 7.41.